The summed E-state index contributed by atoms with van der Waals surface area (Å²) in [6.07, 6.45) is 3.57. The van der Waals surface area contributed by atoms with Crippen LogP contribution in [-0.2, 0) is 0 Å². The van der Waals surface area contributed by atoms with Gasteiger partial charge < -0.3 is 15.4 Å². The molecule has 4 rings (SSSR count). The van der Waals surface area contributed by atoms with Crippen molar-refractivity contribution in [3.05, 3.63) is 59.5 Å². The minimum atomic E-state index is -0.435. The second-order valence-electron chi connectivity index (χ2n) is 6.53. The number of nitrogens with two attached hydrogens (primary N) is 1. The third-order valence-electron chi connectivity index (χ3n) is 4.57. The lowest BCUT2D eigenvalue weighted by atomic mass is 10.1. The van der Waals surface area contributed by atoms with E-state index in [1.165, 1.54) is 17.8 Å². The highest BCUT2D eigenvalue weighted by molar-refractivity contribution is 7.18. The van der Waals surface area contributed by atoms with Crippen LogP contribution < -0.4 is 15.4 Å². The molecule has 1 aliphatic heterocycles. The second-order valence-corrected chi connectivity index (χ2v) is 7.50. The fourth-order valence-electron chi connectivity index (χ4n) is 3.20. The molecular weight excluding hydrogens is 358 g/mol. The molecule has 1 amide bonds. The van der Waals surface area contributed by atoms with Gasteiger partial charge in [-0.15, -0.1) is 0 Å². The molecule has 2 aromatic carbocycles. The number of hydrogen-bond donors (Lipinski definition) is 1. The van der Waals surface area contributed by atoms with Gasteiger partial charge in [0.2, 0.25) is 0 Å². The first kappa shape index (κ1) is 17.5. The highest BCUT2D eigenvalue weighted by atomic mass is 32.1. The van der Waals surface area contributed by atoms with Crippen molar-refractivity contribution in [1.82, 2.24) is 4.98 Å². The summed E-state index contributed by atoms with van der Waals surface area (Å²) in [7, 11) is 0. The number of para-hydroxylation sites is 1. The summed E-state index contributed by atoms with van der Waals surface area (Å²) in [5.74, 6) is 1.08. The van der Waals surface area contributed by atoms with Gasteiger partial charge in [-0.3, -0.25) is 4.79 Å². The predicted molar refractivity (Wildman–Crippen MR) is 109 cm³/mol. The summed E-state index contributed by atoms with van der Waals surface area (Å²) in [6.45, 7) is 1.96. The first-order valence-corrected chi connectivity index (χ1v) is 9.91. The standard InChI is InChI=1S/C21H21N3O2S/c22-20(25)19-18(23-21(27-19)24-13-5-2-6-14-24)15-9-11-17(12-10-15)26-16-7-3-1-4-8-16/h1,3-4,7-12H,2,5-6,13-14H2,(H2,22,25). The average Bonchev–Trinajstić information content (AvgIpc) is 3.16. The van der Waals surface area contributed by atoms with Gasteiger partial charge in [0.1, 0.15) is 16.4 Å². The molecule has 6 heteroatoms. The van der Waals surface area contributed by atoms with Crippen molar-refractivity contribution in [2.45, 2.75) is 19.3 Å². The van der Waals surface area contributed by atoms with E-state index in [0.29, 0.717) is 10.6 Å². The first-order chi connectivity index (χ1) is 13.2. The Morgan fingerprint density at radius 1 is 0.963 bits per heavy atom. The number of aromatic nitrogens is 1. The Hall–Kier alpha value is -2.86. The number of piperidine rings is 1. The van der Waals surface area contributed by atoms with Crippen LogP contribution in [0.2, 0.25) is 0 Å². The number of ether oxygens (including phenoxy) is 1. The SMILES string of the molecule is NC(=O)c1sc(N2CCCCC2)nc1-c1ccc(Oc2ccccc2)cc1. The summed E-state index contributed by atoms with van der Waals surface area (Å²) < 4.78 is 5.83. The van der Waals surface area contributed by atoms with Crippen LogP contribution in [0.25, 0.3) is 11.3 Å². The van der Waals surface area contributed by atoms with Gasteiger partial charge in [-0.1, -0.05) is 29.5 Å². The zero-order valence-corrected chi connectivity index (χ0v) is 15.7. The van der Waals surface area contributed by atoms with Crippen LogP contribution in [0.1, 0.15) is 28.9 Å². The molecular formula is C21H21N3O2S. The largest absolute Gasteiger partial charge is 0.457 e. The number of hydrogen-bond acceptors (Lipinski definition) is 5. The van der Waals surface area contributed by atoms with E-state index in [4.69, 9.17) is 15.5 Å². The average molecular weight is 379 g/mol. The maximum absolute atomic E-state index is 11.9. The Morgan fingerprint density at radius 3 is 2.30 bits per heavy atom. The summed E-state index contributed by atoms with van der Waals surface area (Å²) in [4.78, 5) is 19.4. The van der Waals surface area contributed by atoms with Gasteiger partial charge in [-0.25, -0.2) is 4.98 Å². The molecule has 3 aromatic rings. The maximum atomic E-state index is 11.9. The third kappa shape index (κ3) is 3.95. The molecule has 138 valence electrons. The van der Waals surface area contributed by atoms with Crippen molar-refractivity contribution in [3.8, 4) is 22.8 Å². The molecule has 1 saturated heterocycles. The number of amides is 1. The molecule has 0 spiro atoms. The number of thiazole rings is 1. The lowest BCUT2D eigenvalue weighted by Crippen LogP contribution is -2.29. The van der Waals surface area contributed by atoms with Gasteiger partial charge in [-0.05, 0) is 55.7 Å². The van der Waals surface area contributed by atoms with Crippen molar-refractivity contribution < 1.29 is 9.53 Å². The van der Waals surface area contributed by atoms with Crippen LogP contribution in [-0.4, -0.2) is 24.0 Å². The molecule has 2 heterocycles. The van der Waals surface area contributed by atoms with Crippen LogP contribution in [0.4, 0.5) is 5.13 Å². The van der Waals surface area contributed by atoms with Crippen LogP contribution in [0.15, 0.2) is 54.6 Å². The van der Waals surface area contributed by atoms with E-state index >= 15 is 0 Å². The Morgan fingerprint density at radius 2 is 1.63 bits per heavy atom. The minimum absolute atomic E-state index is 0.435. The predicted octanol–water partition coefficient (Wildman–Crippen LogP) is 4.69. The van der Waals surface area contributed by atoms with Crippen molar-refractivity contribution in [2.75, 3.05) is 18.0 Å². The molecule has 2 N–H and O–H groups in total. The van der Waals surface area contributed by atoms with E-state index in [2.05, 4.69) is 4.90 Å². The van der Waals surface area contributed by atoms with E-state index in [1.54, 1.807) is 0 Å². The summed E-state index contributed by atoms with van der Waals surface area (Å²) in [5, 5.41) is 0.878. The lowest BCUT2D eigenvalue weighted by molar-refractivity contribution is 0.100. The van der Waals surface area contributed by atoms with Gasteiger partial charge >= 0.3 is 0 Å². The molecule has 1 aliphatic rings. The first-order valence-electron chi connectivity index (χ1n) is 9.09. The summed E-state index contributed by atoms with van der Waals surface area (Å²) >= 11 is 1.38. The van der Waals surface area contributed by atoms with Crippen LogP contribution in [0.3, 0.4) is 0 Å². The Labute approximate surface area is 162 Å². The van der Waals surface area contributed by atoms with Crippen LogP contribution in [0.5, 0.6) is 11.5 Å². The Balaban J connectivity index is 1.60. The topological polar surface area (TPSA) is 68.5 Å². The number of anilines is 1. The maximum Gasteiger partial charge on any atom is 0.261 e. The zero-order chi connectivity index (χ0) is 18.6. The molecule has 0 aliphatic carbocycles. The monoisotopic (exact) mass is 379 g/mol. The minimum Gasteiger partial charge on any atom is -0.457 e. The van der Waals surface area contributed by atoms with Crippen molar-refractivity contribution >= 4 is 22.4 Å². The molecule has 0 unspecified atom stereocenters. The van der Waals surface area contributed by atoms with Crippen LogP contribution >= 0.6 is 11.3 Å². The highest BCUT2D eigenvalue weighted by Gasteiger charge is 2.21. The molecule has 5 nitrogen and oxygen atoms in total. The molecule has 0 radical (unpaired) electrons. The number of carbonyl (C=O) groups is 1. The van der Waals surface area contributed by atoms with Crippen LogP contribution in [0, 0.1) is 0 Å². The van der Waals surface area contributed by atoms with E-state index < -0.39 is 5.91 Å². The molecule has 1 aromatic heterocycles. The van der Waals surface area contributed by atoms with Crippen molar-refractivity contribution in [1.29, 1.82) is 0 Å². The lowest BCUT2D eigenvalue weighted by Gasteiger charge is -2.25. The summed E-state index contributed by atoms with van der Waals surface area (Å²) in [6, 6.07) is 17.2. The molecule has 1 fully saturated rings. The van der Waals surface area contributed by atoms with Gasteiger partial charge in [0.25, 0.3) is 5.91 Å². The van der Waals surface area contributed by atoms with Gasteiger partial charge in [0.15, 0.2) is 5.13 Å². The number of benzene rings is 2. The Bertz CT molecular complexity index is 916. The summed E-state index contributed by atoms with van der Waals surface area (Å²) in [5.41, 5.74) is 7.13. The number of nitrogens with zero attached hydrogens (tertiary/aromatic N) is 2. The number of primary amides is 1. The van der Waals surface area contributed by atoms with Gasteiger partial charge in [0.05, 0.1) is 5.69 Å². The number of carbonyl (C=O) groups excluding carboxylic acids is 1. The third-order valence-corrected chi connectivity index (χ3v) is 5.70. The quantitative estimate of drug-likeness (QED) is 0.698. The van der Waals surface area contributed by atoms with Gasteiger partial charge in [-0.2, -0.15) is 0 Å². The second kappa shape index (κ2) is 7.80. The van der Waals surface area contributed by atoms with E-state index in [9.17, 15) is 4.79 Å². The molecule has 0 bridgehead atoms. The molecule has 27 heavy (non-hydrogen) atoms. The molecule has 0 atom stereocenters. The highest BCUT2D eigenvalue weighted by Crippen LogP contribution is 2.35. The van der Waals surface area contributed by atoms with Gasteiger partial charge in [0, 0.05) is 18.7 Å². The van der Waals surface area contributed by atoms with Crippen molar-refractivity contribution in [3.63, 3.8) is 0 Å². The van der Waals surface area contributed by atoms with E-state index in [1.807, 2.05) is 54.6 Å². The smallest absolute Gasteiger partial charge is 0.261 e. The normalized spacial score (nSPS) is 14.1. The fraction of sp³-hybridized carbons (Fsp3) is 0.238. The molecule has 0 saturated carbocycles. The Kier molecular flexibility index (Phi) is 5.07. The fourth-order valence-corrected chi connectivity index (χ4v) is 4.19. The zero-order valence-electron chi connectivity index (χ0n) is 14.9. The van der Waals surface area contributed by atoms with E-state index in [-0.39, 0.29) is 0 Å². The van der Waals surface area contributed by atoms with E-state index in [0.717, 1.165) is 48.1 Å². The van der Waals surface area contributed by atoms with Crippen molar-refractivity contribution in [2.24, 2.45) is 5.73 Å². The number of rotatable bonds is 5.